The third-order valence-corrected chi connectivity index (χ3v) is 2.90. The molecule has 0 amide bonds. The van der Waals surface area contributed by atoms with E-state index in [1.54, 1.807) is 12.1 Å². The van der Waals surface area contributed by atoms with Crippen LogP contribution >= 0.6 is 0 Å². The van der Waals surface area contributed by atoms with E-state index in [2.05, 4.69) is 0 Å². The first-order valence-corrected chi connectivity index (χ1v) is 5.73. The third kappa shape index (κ3) is 2.55. The first-order valence-electron chi connectivity index (χ1n) is 5.73. The SMILES string of the molecule is COc1cc(-c2ccc(C)cc2)ccc1B(O)O. The molecular weight excluding hydrogens is 227 g/mol. The molecule has 0 aliphatic heterocycles. The molecular formula is C14H15BO3. The topological polar surface area (TPSA) is 49.7 Å². The van der Waals surface area contributed by atoms with Crippen LogP contribution < -0.4 is 10.2 Å². The molecule has 2 aromatic rings. The highest BCUT2D eigenvalue weighted by molar-refractivity contribution is 6.59. The van der Waals surface area contributed by atoms with E-state index in [4.69, 9.17) is 4.74 Å². The van der Waals surface area contributed by atoms with E-state index >= 15 is 0 Å². The van der Waals surface area contributed by atoms with Crippen LogP contribution in [-0.4, -0.2) is 24.3 Å². The zero-order chi connectivity index (χ0) is 13.1. The van der Waals surface area contributed by atoms with Crippen LogP contribution in [0, 0.1) is 6.92 Å². The molecule has 18 heavy (non-hydrogen) atoms. The molecule has 0 atom stereocenters. The van der Waals surface area contributed by atoms with Gasteiger partial charge in [0.1, 0.15) is 5.75 Å². The second-order valence-electron chi connectivity index (χ2n) is 4.20. The van der Waals surface area contributed by atoms with Crippen LogP contribution in [0.15, 0.2) is 42.5 Å². The molecule has 0 aromatic heterocycles. The molecule has 0 saturated heterocycles. The van der Waals surface area contributed by atoms with Gasteiger partial charge in [0.15, 0.2) is 0 Å². The molecule has 0 radical (unpaired) electrons. The van der Waals surface area contributed by atoms with E-state index in [0.717, 1.165) is 11.1 Å². The summed E-state index contributed by atoms with van der Waals surface area (Å²) in [6, 6.07) is 13.5. The summed E-state index contributed by atoms with van der Waals surface area (Å²) < 4.78 is 5.17. The van der Waals surface area contributed by atoms with Crippen molar-refractivity contribution < 1.29 is 14.8 Å². The minimum atomic E-state index is -1.52. The lowest BCUT2D eigenvalue weighted by atomic mass is 9.79. The van der Waals surface area contributed by atoms with Crippen molar-refractivity contribution in [3.63, 3.8) is 0 Å². The van der Waals surface area contributed by atoms with Crippen molar-refractivity contribution >= 4 is 12.6 Å². The zero-order valence-corrected chi connectivity index (χ0v) is 10.4. The normalized spacial score (nSPS) is 10.2. The van der Waals surface area contributed by atoms with Crippen molar-refractivity contribution in [2.45, 2.75) is 6.92 Å². The van der Waals surface area contributed by atoms with Crippen molar-refractivity contribution in [2.24, 2.45) is 0 Å². The predicted molar refractivity (Wildman–Crippen MR) is 73.0 cm³/mol. The number of rotatable bonds is 3. The Balaban J connectivity index is 2.44. The van der Waals surface area contributed by atoms with Crippen LogP contribution in [0.4, 0.5) is 0 Å². The highest BCUT2D eigenvalue weighted by Crippen LogP contribution is 2.23. The van der Waals surface area contributed by atoms with Crippen LogP contribution in [0.3, 0.4) is 0 Å². The lowest BCUT2D eigenvalue weighted by Crippen LogP contribution is -2.31. The van der Waals surface area contributed by atoms with Crippen LogP contribution in [0.25, 0.3) is 11.1 Å². The van der Waals surface area contributed by atoms with Gasteiger partial charge in [-0.25, -0.2) is 0 Å². The Morgan fingerprint density at radius 1 is 0.944 bits per heavy atom. The minimum absolute atomic E-state index is 0.369. The summed E-state index contributed by atoms with van der Waals surface area (Å²) in [6.07, 6.45) is 0. The van der Waals surface area contributed by atoms with E-state index < -0.39 is 7.12 Å². The van der Waals surface area contributed by atoms with Crippen molar-refractivity contribution in [1.29, 1.82) is 0 Å². The number of aryl methyl sites for hydroxylation is 1. The molecule has 4 heteroatoms. The molecule has 2 N–H and O–H groups in total. The highest BCUT2D eigenvalue weighted by atomic mass is 16.5. The summed E-state index contributed by atoms with van der Waals surface area (Å²) in [7, 11) is -0.00726. The summed E-state index contributed by atoms with van der Waals surface area (Å²) >= 11 is 0. The standard InChI is InChI=1S/C14H15BO3/c1-10-3-5-11(6-4-10)12-7-8-13(15(16)17)14(9-12)18-2/h3-9,16-17H,1-2H3. The first-order chi connectivity index (χ1) is 8.61. The smallest absolute Gasteiger partial charge is 0.492 e. The minimum Gasteiger partial charge on any atom is -0.497 e. The van der Waals surface area contributed by atoms with Crippen LogP contribution in [0.1, 0.15) is 5.56 Å². The van der Waals surface area contributed by atoms with Crippen LogP contribution in [-0.2, 0) is 0 Å². The number of methoxy groups -OCH3 is 1. The summed E-state index contributed by atoms with van der Waals surface area (Å²) in [4.78, 5) is 0. The Labute approximate surface area is 107 Å². The van der Waals surface area contributed by atoms with Gasteiger partial charge in [-0.3, -0.25) is 0 Å². The third-order valence-electron chi connectivity index (χ3n) is 2.90. The van der Waals surface area contributed by atoms with E-state index in [9.17, 15) is 10.0 Å². The molecule has 0 unspecified atom stereocenters. The van der Waals surface area contributed by atoms with E-state index in [-0.39, 0.29) is 0 Å². The van der Waals surface area contributed by atoms with Crippen molar-refractivity contribution in [1.82, 2.24) is 0 Å². The van der Waals surface area contributed by atoms with Gasteiger partial charge in [-0.2, -0.15) is 0 Å². The van der Waals surface area contributed by atoms with Gasteiger partial charge in [0.2, 0.25) is 0 Å². The van der Waals surface area contributed by atoms with E-state index in [1.807, 2.05) is 37.3 Å². The van der Waals surface area contributed by atoms with Gasteiger partial charge in [0, 0.05) is 5.46 Å². The molecule has 3 nitrogen and oxygen atoms in total. The second kappa shape index (κ2) is 5.25. The maximum Gasteiger partial charge on any atom is 0.492 e. The highest BCUT2D eigenvalue weighted by Gasteiger charge is 2.17. The Bertz CT molecular complexity index is 535. The number of hydrogen-bond donors (Lipinski definition) is 2. The lowest BCUT2D eigenvalue weighted by molar-refractivity contribution is 0.403. The molecule has 0 saturated carbocycles. The fraction of sp³-hybridized carbons (Fsp3) is 0.143. The summed E-state index contributed by atoms with van der Waals surface area (Å²) in [5.74, 6) is 0.475. The second-order valence-corrected chi connectivity index (χ2v) is 4.20. The van der Waals surface area contributed by atoms with Gasteiger partial charge in [0.25, 0.3) is 0 Å². The van der Waals surface area contributed by atoms with Gasteiger partial charge in [-0.1, -0.05) is 42.0 Å². The van der Waals surface area contributed by atoms with Crippen LogP contribution in [0.5, 0.6) is 5.75 Å². The summed E-state index contributed by atoms with van der Waals surface area (Å²) in [5, 5.41) is 18.4. The maximum absolute atomic E-state index is 9.21. The average molecular weight is 242 g/mol. The number of ether oxygens (including phenoxy) is 1. The molecule has 0 bridgehead atoms. The number of benzene rings is 2. The molecule has 0 heterocycles. The van der Waals surface area contributed by atoms with E-state index in [1.165, 1.54) is 12.7 Å². The van der Waals surface area contributed by atoms with E-state index in [0.29, 0.717) is 11.2 Å². The molecule has 0 spiro atoms. The van der Waals surface area contributed by atoms with Gasteiger partial charge in [-0.05, 0) is 24.1 Å². The molecule has 2 rings (SSSR count). The molecule has 0 fully saturated rings. The molecule has 92 valence electrons. The fourth-order valence-electron chi connectivity index (χ4n) is 1.85. The van der Waals surface area contributed by atoms with Crippen molar-refractivity contribution in [3.05, 3.63) is 48.0 Å². The first kappa shape index (κ1) is 12.7. The van der Waals surface area contributed by atoms with Gasteiger partial charge < -0.3 is 14.8 Å². The van der Waals surface area contributed by atoms with Crippen LogP contribution in [0.2, 0.25) is 0 Å². The Morgan fingerprint density at radius 3 is 2.11 bits per heavy atom. The number of hydrogen-bond acceptors (Lipinski definition) is 3. The molecule has 0 aliphatic rings. The fourth-order valence-corrected chi connectivity index (χ4v) is 1.85. The molecule has 2 aromatic carbocycles. The van der Waals surface area contributed by atoms with Crippen molar-refractivity contribution in [3.8, 4) is 16.9 Å². The monoisotopic (exact) mass is 242 g/mol. The zero-order valence-electron chi connectivity index (χ0n) is 10.4. The van der Waals surface area contributed by atoms with Gasteiger partial charge >= 0.3 is 7.12 Å². The quantitative estimate of drug-likeness (QED) is 0.799. The maximum atomic E-state index is 9.21. The summed E-state index contributed by atoms with van der Waals surface area (Å²) in [6.45, 7) is 2.04. The molecule has 0 aliphatic carbocycles. The van der Waals surface area contributed by atoms with Gasteiger partial charge in [-0.15, -0.1) is 0 Å². The average Bonchev–Trinajstić information content (AvgIpc) is 2.38. The predicted octanol–water partition coefficient (Wildman–Crippen LogP) is 1.35. The largest absolute Gasteiger partial charge is 0.497 e. The summed E-state index contributed by atoms with van der Waals surface area (Å²) in [5.41, 5.74) is 3.62. The lowest BCUT2D eigenvalue weighted by Gasteiger charge is -2.10. The van der Waals surface area contributed by atoms with Gasteiger partial charge in [0.05, 0.1) is 7.11 Å². The Hall–Kier alpha value is -1.78. The Morgan fingerprint density at radius 2 is 1.56 bits per heavy atom. The van der Waals surface area contributed by atoms with Crippen molar-refractivity contribution in [2.75, 3.05) is 7.11 Å². The Kier molecular flexibility index (Phi) is 3.70.